The summed E-state index contributed by atoms with van der Waals surface area (Å²) in [6.45, 7) is 3.01. The number of nitrogens with zero attached hydrogens (tertiary/aromatic N) is 1. The Morgan fingerprint density at radius 2 is 2.21 bits per heavy atom. The topological polar surface area (TPSA) is 62.2 Å². The average molecular weight is 327 g/mol. The van der Waals surface area contributed by atoms with Crippen LogP contribution in [0.1, 0.15) is 49.4 Å². The standard InChI is InChI=1S/C14H19BrN2O2/c1-2-14(5-3-4-6-14)9-17-12-11(13(18)19)7-10(15)8-16-12/h7-8H,2-6,9H2,1H3,(H,16,17)(H,18,19). The highest BCUT2D eigenvalue weighted by atomic mass is 79.9. The molecule has 0 saturated heterocycles. The number of rotatable bonds is 5. The molecule has 4 nitrogen and oxygen atoms in total. The minimum absolute atomic E-state index is 0.221. The maximum atomic E-state index is 11.2. The molecular formula is C14H19BrN2O2. The third-order valence-corrected chi connectivity index (χ3v) is 4.56. The molecule has 0 spiro atoms. The number of nitrogens with one attached hydrogen (secondary N) is 1. The normalized spacial score (nSPS) is 17.4. The molecule has 0 atom stereocenters. The highest BCUT2D eigenvalue weighted by Crippen LogP contribution is 2.41. The third-order valence-electron chi connectivity index (χ3n) is 4.13. The molecule has 1 fully saturated rings. The van der Waals surface area contributed by atoms with Gasteiger partial charge in [-0.1, -0.05) is 19.8 Å². The minimum atomic E-state index is -0.951. The van der Waals surface area contributed by atoms with Gasteiger partial charge < -0.3 is 10.4 Å². The second-order valence-corrected chi connectivity index (χ2v) is 6.18. The van der Waals surface area contributed by atoms with E-state index in [1.165, 1.54) is 25.7 Å². The van der Waals surface area contributed by atoms with E-state index in [1.54, 1.807) is 12.3 Å². The van der Waals surface area contributed by atoms with Gasteiger partial charge in [-0.2, -0.15) is 0 Å². The van der Waals surface area contributed by atoms with E-state index in [0.29, 0.717) is 15.7 Å². The van der Waals surface area contributed by atoms with Gasteiger partial charge in [0.2, 0.25) is 0 Å². The van der Waals surface area contributed by atoms with Crippen LogP contribution in [0.4, 0.5) is 5.82 Å². The van der Waals surface area contributed by atoms with Crippen molar-refractivity contribution in [3.05, 3.63) is 22.3 Å². The summed E-state index contributed by atoms with van der Waals surface area (Å²) < 4.78 is 0.682. The molecule has 2 rings (SSSR count). The van der Waals surface area contributed by atoms with E-state index in [0.717, 1.165) is 13.0 Å². The van der Waals surface area contributed by atoms with Gasteiger partial charge >= 0.3 is 5.97 Å². The van der Waals surface area contributed by atoms with Crippen LogP contribution in [-0.2, 0) is 0 Å². The molecule has 0 unspecified atom stereocenters. The maximum absolute atomic E-state index is 11.2. The molecule has 1 heterocycles. The van der Waals surface area contributed by atoms with E-state index in [-0.39, 0.29) is 5.56 Å². The Balaban J connectivity index is 2.13. The van der Waals surface area contributed by atoms with Crippen LogP contribution in [0.5, 0.6) is 0 Å². The van der Waals surface area contributed by atoms with Crippen LogP contribution in [0.25, 0.3) is 0 Å². The lowest BCUT2D eigenvalue weighted by Gasteiger charge is -2.28. The van der Waals surface area contributed by atoms with E-state index in [1.807, 2.05) is 0 Å². The Bertz CT molecular complexity index is 471. The second kappa shape index (κ2) is 5.90. The number of aromatic nitrogens is 1. The Hall–Kier alpha value is -1.10. The molecule has 0 aromatic carbocycles. The van der Waals surface area contributed by atoms with Gasteiger partial charge in [0, 0.05) is 17.2 Å². The molecule has 104 valence electrons. The van der Waals surface area contributed by atoms with Crippen LogP contribution in [0, 0.1) is 5.41 Å². The van der Waals surface area contributed by atoms with Crippen LogP contribution in [0.15, 0.2) is 16.7 Å². The number of carboxylic acids is 1. The van der Waals surface area contributed by atoms with E-state index >= 15 is 0 Å². The first-order valence-electron chi connectivity index (χ1n) is 6.69. The Morgan fingerprint density at radius 3 is 2.79 bits per heavy atom. The number of pyridine rings is 1. The van der Waals surface area contributed by atoms with Gasteiger partial charge in [0.15, 0.2) is 0 Å². The molecule has 0 bridgehead atoms. The summed E-state index contributed by atoms with van der Waals surface area (Å²) in [5.41, 5.74) is 0.531. The number of carbonyl (C=O) groups is 1. The van der Waals surface area contributed by atoms with Crippen LogP contribution in [0.2, 0.25) is 0 Å². The fourth-order valence-corrected chi connectivity index (χ4v) is 3.13. The lowest BCUT2D eigenvalue weighted by atomic mass is 9.83. The van der Waals surface area contributed by atoms with Gasteiger partial charge in [-0.15, -0.1) is 0 Å². The summed E-state index contributed by atoms with van der Waals surface area (Å²) in [5.74, 6) is -0.483. The molecule has 1 saturated carbocycles. The van der Waals surface area contributed by atoms with Crippen molar-refractivity contribution in [2.45, 2.75) is 39.0 Å². The quantitative estimate of drug-likeness (QED) is 0.860. The number of halogens is 1. The summed E-state index contributed by atoms with van der Waals surface area (Å²) in [7, 11) is 0. The van der Waals surface area contributed by atoms with E-state index in [2.05, 4.69) is 33.2 Å². The zero-order valence-electron chi connectivity index (χ0n) is 11.1. The number of hydrogen-bond donors (Lipinski definition) is 2. The second-order valence-electron chi connectivity index (χ2n) is 5.27. The molecule has 0 aliphatic heterocycles. The number of anilines is 1. The molecule has 1 aromatic rings. The van der Waals surface area contributed by atoms with Crippen molar-refractivity contribution in [3.8, 4) is 0 Å². The van der Waals surface area contributed by atoms with Gasteiger partial charge in [-0.25, -0.2) is 9.78 Å². The Kier molecular flexibility index (Phi) is 4.45. The molecule has 1 aliphatic rings. The molecule has 2 N–H and O–H groups in total. The molecule has 5 heteroatoms. The van der Waals surface area contributed by atoms with Gasteiger partial charge in [0.25, 0.3) is 0 Å². The largest absolute Gasteiger partial charge is 0.478 e. The smallest absolute Gasteiger partial charge is 0.339 e. The van der Waals surface area contributed by atoms with Gasteiger partial charge in [-0.3, -0.25) is 0 Å². The fourth-order valence-electron chi connectivity index (χ4n) is 2.79. The van der Waals surface area contributed by atoms with E-state index in [4.69, 9.17) is 0 Å². The van der Waals surface area contributed by atoms with Crippen molar-refractivity contribution in [2.24, 2.45) is 5.41 Å². The third kappa shape index (κ3) is 3.26. The lowest BCUT2D eigenvalue weighted by molar-refractivity contribution is 0.0697. The SMILES string of the molecule is CCC1(CNc2ncc(Br)cc2C(=O)O)CCCC1. The van der Waals surface area contributed by atoms with Crippen molar-refractivity contribution in [1.29, 1.82) is 0 Å². The van der Waals surface area contributed by atoms with Crippen LogP contribution in [0.3, 0.4) is 0 Å². The molecule has 1 aromatic heterocycles. The summed E-state index contributed by atoms with van der Waals surface area (Å²) in [6, 6.07) is 1.59. The number of hydrogen-bond acceptors (Lipinski definition) is 3. The Labute approximate surface area is 121 Å². The first kappa shape index (κ1) is 14.3. The van der Waals surface area contributed by atoms with Crippen LogP contribution in [-0.4, -0.2) is 22.6 Å². The molecule has 1 aliphatic carbocycles. The highest BCUT2D eigenvalue weighted by molar-refractivity contribution is 9.10. The number of aromatic carboxylic acids is 1. The fraction of sp³-hybridized carbons (Fsp3) is 0.571. The van der Waals surface area contributed by atoms with Gasteiger partial charge in [-0.05, 0) is 46.7 Å². The van der Waals surface area contributed by atoms with Crippen LogP contribution >= 0.6 is 15.9 Å². The molecule has 0 radical (unpaired) electrons. The summed E-state index contributed by atoms with van der Waals surface area (Å²) >= 11 is 3.25. The first-order valence-corrected chi connectivity index (χ1v) is 7.48. The zero-order valence-corrected chi connectivity index (χ0v) is 12.7. The highest BCUT2D eigenvalue weighted by Gasteiger charge is 2.32. The van der Waals surface area contributed by atoms with Crippen molar-refractivity contribution >= 4 is 27.7 Å². The predicted octanol–water partition coefficient (Wildman–Crippen LogP) is 3.92. The van der Waals surface area contributed by atoms with Crippen LogP contribution < -0.4 is 5.32 Å². The van der Waals surface area contributed by atoms with E-state index in [9.17, 15) is 9.90 Å². The average Bonchev–Trinajstić information content (AvgIpc) is 2.86. The molecule has 19 heavy (non-hydrogen) atoms. The summed E-state index contributed by atoms with van der Waals surface area (Å²) in [5, 5.41) is 12.4. The number of carboxylic acid groups (broad SMARTS) is 1. The van der Waals surface area contributed by atoms with Gasteiger partial charge in [0.1, 0.15) is 11.4 Å². The lowest BCUT2D eigenvalue weighted by Crippen LogP contribution is -2.27. The van der Waals surface area contributed by atoms with Crippen molar-refractivity contribution in [3.63, 3.8) is 0 Å². The summed E-state index contributed by atoms with van der Waals surface area (Å²) in [6.07, 6.45) is 7.73. The molecular weight excluding hydrogens is 308 g/mol. The molecule has 0 amide bonds. The first-order chi connectivity index (χ1) is 9.06. The van der Waals surface area contributed by atoms with Gasteiger partial charge in [0.05, 0.1) is 0 Å². The zero-order chi connectivity index (χ0) is 13.9. The minimum Gasteiger partial charge on any atom is -0.478 e. The summed E-state index contributed by atoms with van der Waals surface area (Å²) in [4.78, 5) is 15.4. The maximum Gasteiger partial charge on any atom is 0.339 e. The van der Waals surface area contributed by atoms with E-state index < -0.39 is 5.97 Å². The van der Waals surface area contributed by atoms with Crippen molar-refractivity contribution in [1.82, 2.24) is 4.98 Å². The predicted molar refractivity (Wildman–Crippen MR) is 78.6 cm³/mol. The van der Waals surface area contributed by atoms with Crippen molar-refractivity contribution < 1.29 is 9.90 Å². The van der Waals surface area contributed by atoms with Crippen molar-refractivity contribution in [2.75, 3.05) is 11.9 Å². The Morgan fingerprint density at radius 1 is 1.53 bits per heavy atom. The monoisotopic (exact) mass is 326 g/mol.